The topological polar surface area (TPSA) is 120 Å². The number of carbonyl (C=O) groups excluding carboxylic acids is 2. The van der Waals surface area contributed by atoms with Crippen LogP contribution in [0, 0.1) is 11.8 Å². The number of piperidine rings is 1. The van der Waals surface area contributed by atoms with Crippen LogP contribution in [0.5, 0.6) is 11.6 Å². The number of phenolic OH excluding ortho intramolecular Hbond substituents is 1. The van der Waals surface area contributed by atoms with Crippen LogP contribution in [0.15, 0.2) is 54.7 Å². The van der Waals surface area contributed by atoms with E-state index in [2.05, 4.69) is 20.3 Å². The molecule has 0 unspecified atom stereocenters. The quantitative estimate of drug-likeness (QED) is 0.329. The number of ether oxygens (including phenoxy) is 1. The number of amides is 2. The molecule has 3 N–H and O–H groups in total. The van der Waals surface area contributed by atoms with E-state index < -0.39 is 0 Å². The number of benzene rings is 2. The van der Waals surface area contributed by atoms with E-state index in [1.807, 2.05) is 23.1 Å². The number of aromatic nitrogens is 3. The largest absolute Gasteiger partial charge is 0.507 e. The van der Waals surface area contributed by atoms with Crippen molar-refractivity contribution < 1.29 is 19.4 Å². The first-order valence-corrected chi connectivity index (χ1v) is 13.4. The Morgan fingerprint density at radius 3 is 2.67 bits per heavy atom. The molecule has 6 rings (SSSR count). The van der Waals surface area contributed by atoms with E-state index in [9.17, 15) is 14.7 Å². The van der Waals surface area contributed by atoms with Crippen LogP contribution in [0.2, 0.25) is 0 Å². The van der Waals surface area contributed by atoms with E-state index in [0.717, 1.165) is 49.9 Å². The highest BCUT2D eigenvalue weighted by molar-refractivity contribution is 5.97. The zero-order chi connectivity index (χ0) is 26.9. The Labute approximate surface area is 226 Å². The lowest BCUT2D eigenvalue weighted by Crippen LogP contribution is -2.42. The molecule has 9 heteroatoms. The lowest BCUT2D eigenvalue weighted by atomic mass is 9.96. The second-order valence-electron chi connectivity index (χ2n) is 10.4. The van der Waals surface area contributed by atoms with Crippen molar-refractivity contribution in [1.29, 1.82) is 0 Å². The molecule has 3 heterocycles. The zero-order valence-corrected chi connectivity index (χ0v) is 21.8. The third-order valence-electron chi connectivity index (χ3n) is 7.68. The molecular formula is C30H31N5O4. The minimum Gasteiger partial charge on any atom is -0.507 e. The predicted molar refractivity (Wildman–Crippen MR) is 147 cm³/mol. The third-order valence-corrected chi connectivity index (χ3v) is 7.68. The summed E-state index contributed by atoms with van der Waals surface area (Å²) in [6.07, 6.45) is 5.55. The lowest BCUT2D eigenvalue weighted by Gasteiger charge is -2.32. The summed E-state index contributed by atoms with van der Waals surface area (Å²) >= 11 is 0. The Bertz CT molecular complexity index is 1540. The number of nitrogens with zero attached hydrogens (tertiary/aromatic N) is 3. The fraction of sp³-hybridized carbons (Fsp3) is 0.333. The summed E-state index contributed by atoms with van der Waals surface area (Å²) in [5.74, 6) is 1.87. The summed E-state index contributed by atoms with van der Waals surface area (Å²) in [4.78, 5) is 39.4. The van der Waals surface area contributed by atoms with Gasteiger partial charge in [0.25, 0.3) is 5.91 Å². The number of nitrogens with one attached hydrogen (secondary N) is 2. The summed E-state index contributed by atoms with van der Waals surface area (Å²) in [7, 11) is 1.57. The summed E-state index contributed by atoms with van der Waals surface area (Å²) in [6, 6.07) is 14.3. The van der Waals surface area contributed by atoms with E-state index in [4.69, 9.17) is 4.74 Å². The molecule has 4 aromatic rings. The van der Waals surface area contributed by atoms with Gasteiger partial charge in [0, 0.05) is 42.9 Å². The molecule has 2 amide bonds. The number of hydrogen-bond donors (Lipinski definition) is 3. The summed E-state index contributed by atoms with van der Waals surface area (Å²) < 4.78 is 5.39. The van der Waals surface area contributed by atoms with Crippen molar-refractivity contribution in [2.24, 2.45) is 11.8 Å². The van der Waals surface area contributed by atoms with Crippen LogP contribution < -0.4 is 10.1 Å². The Morgan fingerprint density at radius 1 is 1.08 bits per heavy atom. The summed E-state index contributed by atoms with van der Waals surface area (Å²) in [5, 5.41) is 13.7. The molecular weight excluding hydrogens is 494 g/mol. The van der Waals surface area contributed by atoms with Gasteiger partial charge in [0.15, 0.2) is 0 Å². The predicted octanol–water partition coefficient (Wildman–Crippen LogP) is 4.38. The molecule has 1 saturated heterocycles. The number of aromatic amines is 1. The molecule has 2 aliphatic rings. The fourth-order valence-electron chi connectivity index (χ4n) is 5.23. The molecule has 0 spiro atoms. The fourth-order valence-corrected chi connectivity index (χ4v) is 5.23. The maximum Gasteiger partial charge on any atom is 0.251 e. The van der Waals surface area contributed by atoms with Crippen LogP contribution in [0.4, 0.5) is 0 Å². The van der Waals surface area contributed by atoms with Gasteiger partial charge in [0.2, 0.25) is 11.8 Å². The summed E-state index contributed by atoms with van der Waals surface area (Å²) in [5.41, 5.74) is 4.10. The molecule has 200 valence electrons. The highest BCUT2D eigenvalue weighted by atomic mass is 16.5. The number of H-pyrrole nitrogens is 1. The molecule has 2 fully saturated rings. The number of fused-ring (bicyclic) bond motifs is 1. The number of imidazole rings is 1. The molecule has 2 aromatic carbocycles. The third kappa shape index (κ3) is 5.16. The molecule has 0 bridgehead atoms. The van der Waals surface area contributed by atoms with Crippen LogP contribution in [-0.2, 0) is 4.79 Å². The molecule has 9 nitrogen and oxygen atoms in total. The molecule has 2 aromatic heterocycles. The minimum absolute atomic E-state index is 0.0866. The van der Waals surface area contributed by atoms with Gasteiger partial charge in [-0.05, 0) is 79.6 Å². The first-order valence-electron chi connectivity index (χ1n) is 13.4. The van der Waals surface area contributed by atoms with E-state index in [0.29, 0.717) is 52.2 Å². The van der Waals surface area contributed by atoms with Gasteiger partial charge in [-0.25, -0.2) is 9.97 Å². The molecule has 0 radical (unpaired) electrons. The monoisotopic (exact) mass is 525 g/mol. The Kier molecular flexibility index (Phi) is 6.64. The first kappa shape index (κ1) is 24.9. The van der Waals surface area contributed by atoms with Gasteiger partial charge < -0.3 is 25.0 Å². The number of methoxy groups -OCH3 is 1. The molecule has 1 saturated carbocycles. The molecule has 0 atom stereocenters. The van der Waals surface area contributed by atoms with Gasteiger partial charge >= 0.3 is 0 Å². The van der Waals surface area contributed by atoms with E-state index >= 15 is 0 Å². The smallest absolute Gasteiger partial charge is 0.251 e. The standard InChI is InChI=1S/C30H31N5O4/c1-39-29-22(3-2-12-31-29)20-7-9-26(36)23(15-20)27-33-24-8-6-21(16-25(24)34-27)28(37)32-17-18-10-13-35(14-11-18)30(38)19-4-5-19/h2-3,6-9,12,15-16,18-19,36H,4-5,10-11,13-14,17H2,1H3,(H,32,37)(H,33,34). The molecule has 1 aliphatic carbocycles. The van der Waals surface area contributed by atoms with Gasteiger partial charge in [0.1, 0.15) is 11.6 Å². The normalized spacial score (nSPS) is 15.9. The number of rotatable bonds is 7. The van der Waals surface area contributed by atoms with Gasteiger partial charge in [-0.2, -0.15) is 0 Å². The Balaban J connectivity index is 1.14. The van der Waals surface area contributed by atoms with Crippen molar-refractivity contribution >= 4 is 22.8 Å². The first-order chi connectivity index (χ1) is 19.0. The number of pyridine rings is 1. The highest BCUT2D eigenvalue weighted by Gasteiger charge is 2.34. The van der Waals surface area contributed by atoms with Gasteiger partial charge in [0.05, 0.1) is 23.7 Å². The maximum absolute atomic E-state index is 12.9. The van der Waals surface area contributed by atoms with Crippen LogP contribution in [0.1, 0.15) is 36.0 Å². The summed E-state index contributed by atoms with van der Waals surface area (Å²) in [6.45, 7) is 2.15. The number of hydrogen-bond acceptors (Lipinski definition) is 6. The number of carbonyl (C=O) groups is 2. The van der Waals surface area contributed by atoms with Gasteiger partial charge in [-0.1, -0.05) is 6.07 Å². The second kappa shape index (κ2) is 10.4. The SMILES string of the molecule is COc1ncccc1-c1ccc(O)c(-c2nc3ccc(C(=O)NCC4CCN(C(=O)C5CC5)CC4)cc3[nH]2)c1. The molecule has 1 aliphatic heterocycles. The number of likely N-dealkylation sites (tertiary alicyclic amines) is 1. The number of aromatic hydroxyl groups is 1. The van der Waals surface area contributed by atoms with Crippen LogP contribution in [0.25, 0.3) is 33.5 Å². The lowest BCUT2D eigenvalue weighted by molar-refractivity contribution is -0.133. The van der Waals surface area contributed by atoms with Crippen LogP contribution >= 0.6 is 0 Å². The van der Waals surface area contributed by atoms with Crippen molar-refractivity contribution in [2.45, 2.75) is 25.7 Å². The Morgan fingerprint density at radius 2 is 1.90 bits per heavy atom. The van der Waals surface area contributed by atoms with E-state index in [-0.39, 0.29) is 17.6 Å². The van der Waals surface area contributed by atoms with Crippen molar-refractivity contribution in [2.75, 3.05) is 26.7 Å². The average Bonchev–Trinajstić information content (AvgIpc) is 3.74. The second-order valence-corrected chi connectivity index (χ2v) is 10.4. The van der Waals surface area contributed by atoms with Gasteiger partial charge in [-0.15, -0.1) is 0 Å². The zero-order valence-electron chi connectivity index (χ0n) is 21.8. The van der Waals surface area contributed by atoms with Crippen molar-refractivity contribution in [3.05, 3.63) is 60.3 Å². The number of phenols is 1. The maximum atomic E-state index is 12.9. The van der Waals surface area contributed by atoms with Crippen LogP contribution in [0.3, 0.4) is 0 Å². The van der Waals surface area contributed by atoms with Crippen molar-refractivity contribution in [3.63, 3.8) is 0 Å². The molecule has 39 heavy (non-hydrogen) atoms. The minimum atomic E-state index is -0.141. The van der Waals surface area contributed by atoms with Crippen molar-refractivity contribution in [1.82, 2.24) is 25.2 Å². The van der Waals surface area contributed by atoms with E-state index in [1.165, 1.54) is 0 Å². The van der Waals surface area contributed by atoms with Crippen LogP contribution in [-0.4, -0.2) is 63.5 Å². The Hall–Kier alpha value is -4.40. The average molecular weight is 526 g/mol. The van der Waals surface area contributed by atoms with E-state index in [1.54, 1.807) is 43.6 Å². The van der Waals surface area contributed by atoms with Gasteiger partial charge in [-0.3, -0.25) is 9.59 Å². The van der Waals surface area contributed by atoms with Crippen molar-refractivity contribution in [3.8, 4) is 34.1 Å². The highest BCUT2D eigenvalue weighted by Crippen LogP contribution is 2.36.